The molecule has 140 valence electrons. The first-order chi connectivity index (χ1) is 13.2. The Morgan fingerprint density at radius 1 is 1.00 bits per heavy atom. The van der Waals surface area contributed by atoms with Crippen LogP contribution < -0.4 is 10.1 Å². The molecule has 0 radical (unpaired) electrons. The molecule has 27 heavy (non-hydrogen) atoms. The second-order valence-electron chi connectivity index (χ2n) is 6.35. The summed E-state index contributed by atoms with van der Waals surface area (Å²) in [7, 11) is 0. The van der Waals surface area contributed by atoms with E-state index in [1.54, 1.807) is 0 Å². The summed E-state index contributed by atoms with van der Waals surface area (Å²) in [4.78, 5) is 12.5. The van der Waals surface area contributed by atoms with Crippen LogP contribution in [0.3, 0.4) is 0 Å². The van der Waals surface area contributed by atoms with Crippen LogP contribution in [0.2, 0.25) is 0 Å². The van der Waals surface area contributed by atoms with Crippen molar-refractivity contribution in [1.29, 1.82) is 0 Å². The van der Waals surface area contributed by atoms with Crippen molar-refractivity contribution in [3.8, 4) is 5.75 Å². The van der Waals surface area contributed by atoms with Gasteiger partial charge in [-0.3, -0.25) is 4.79 Å². The maximum atomic E-state index is 12.5. The second kappa shape index (κ2) is 9.19. The Labute approximate surface area is 160 Å². The average molecular weight is 363 g/mol. The fourth-order valence-electron chi connectivity index (χ4n) is 3.00. The van der Waals surface area contributed by atoms with E-state index in [2.05, 4.69) is 5.32 Å². The van der Waals surface area contributed by atoms with Gasteiger partial charge in [0.05, 0.1) is 12.2 Å². The van der Waals surface area contributed by atoms with Crippen LogP contribution in [0.15, 0.2) is 65.9 Å². The lowest BCUT2D eigenvalue weighted by Crippen LogP contribution is -2.15. The Balaban J connectivity index is 1.71. The monoisotopic (exact) mass is 363 g/mol. The predicted octanol–water partition coefficient (Wildman–Crippen LogP) is 4.44. The minimum absolute atomic E-state index is 0.0694. The molecule has 0 atom stereocenters. The number of carbonyl (C=O) groups is 1. The highest BCUT2D eigenvalue weighted by Gasteiger charge is 2.25. The SMILES string of the molecule is CCOCCCOc1ccc(C2=C(C)/C(=C/c3ccccc3)NC2=O)cc1. The minimum atomic E-state index is -0.0694. The van der Waals surface area contributed by atoms with E-state index in [0.717, 1.165) is 41.2 Å². The van der Waals surface area contributed by atoms with Gasteiger partial charge in [-0.05, 0) is 48.8 Å². The van der Waals surface area contributed by atoms with Gasteiger partial charge >= 0.3 is 0 Å². The normalized spacial score (nSPS) is 15.3. The van der Waals surface area contributed by atoms with Crippen molar-refractivity contribution in [2.24, 2.45) is 0 Å². The first-order valence-corrected chi connectivity index (χ1v) is 9.29. The van der Waals surface area contributed by atoms with E-state index < -0.39 is 0 Å². The molecule has 0 saturated heterocycles. The van der Waals surface area contributed by atoms with Gasteiger partial charge < -0.3 is 14.8 Å². The van der Waals surface area contributed by atoms with Crippen LogP contribution in [-0.2, 0) is 9.53 Å². The zero-order valence-electron chi connectivity index (χ0n) is 15.8. The molecule has 1 heterocycles. The van der Waals surface area contributed by atoms with Crippen LogP contribution in [0.4, 0.5) is 0 Å². The van der Waals surface area contributed by atoms with Crippen LogP contribution in [0.25, 0.3) is 11.6 Å². The van der Waals surface area contributed by atoms with Crippen molar-refractivity contribution in [3.05, 3.63) is 77.0 Å². The molecule has 0 unspecified atom stereocenters. The molecule has 0 aromatic heterocycles. The fraction of sp³-hybridized carbons (Fsp3) is 0.261. The molecular formula is C23H25NO3. The number of carbonyl (C=O) groups excluding carboxylic acids is 1. The molecule has 3 rings (SSSR count). The Kier molecular flexibility index (Phi) is 6.44. The zero-order chi connectivity index (χ0) is 19.1. The molecule has 1 aliphatic rings. The summed E-state index contributed by atoms with van der Waals surface area (Å²) >= 11 is 0. The number of nitrogens with one attached hydrogen (secondary N) is 1. The van der Waals surface area contributed by atoms with Gasteiger partial charge in [-0.2, -0.15) is 0 Å². The van der Waals surface area contributed by atoms with Gasteiger partial charge in [0.2, 0.25) is 0 Å². The molecule has 0 bridgehead atoms. The maximum Gasteiger partial charge on any atom is 0.256 e. The third kappa shape index (κ3) is 4.86. The third-order valence-corrected chi connectivity index (χ3v) is 4.41. The topological polar surface area (TPSA) is 47.6 Å². The van der Waals surface area contributed by atoms with E-state index in [-0.39, 0.29) is 5.91 Å². The van der Waals surface area contributed by atoms with Crippen LogP contribution in [-0.4, -0.2) is 25.7 Å². The molecular weight excluding hydrogens is 338 g/mol. The van der Waals surface area contributed by atoms with Crippen molar-refractivity contribution < 1.29 is 14.3 Å². The second-order valence-corrected chi connectivity index (χ2v) is 6.35. The summed E-state index contributed by atoms with van der Waals surface area (Å²) in [6, 6.07) is 17.6. The molecule has 0 saturated carbocycles. The number of allylic oxidation sites excluding steroid dienone is 1. The van der Waals surface area contributed by atoms with E-state index in [1.807, 2.05) is 74.5 Å². The summed E-state index contributed by atoms with van der Waals surface area (Å²) in [5, 5.41) is 2.97. The van der Waals surface area contributed by atoms with Crippen LogP contribution in [0.5, 0.6) is 5.75 Å². The average Bonchev–Trinajstić information content (AvgIpc) is 2.96. The third-order valence-electron chi connectivity index (χ3n) is 4.41. The van der Waals surface area contributed by atoms with Gasteiger partial charge in [0.25, 0.3) is 5.91 Å². The zero-order valence-corrected chi connectivity index (χ0v) is 15.8. The van der Waals surface area contributed by atoms with Gasteiger partial charge in [0, 0.05) is 25.3 Å². The lowest BCUT2D eigenvalue weighted by atomic mass is 10.0. The number of rotatable bonds is 8. The lowest BCUT2D eigenvalue weighted by molar-refractivity contribution is -0.114. The Morgan fingerprint density at radius 2 is 1.74 bits per heavy atom. The highest BCUT2D eigenvalue weighted by atomic mass is 16.5. The van der Waals surface area contributed by atoms with Crippen molar-refractivity contribution in [2.45, 2.75) is 20.3 Å². The Hall–Kier alpha value is -2.85. The first kappa shape index (κ1) is 18.9. The highest BCUT2D eigenvalue weighted by Crippen LogP contribution is 2.30. The smallest absolute Gasteiger partial charge is 0.256 e. The predicted molar refractivity (Wildman–Crippen MR) is 108 cm³/mol. The first-order valence-electron chi connectivity index (χ1n) is 9.29. The van der Waals surface area contributed by atoms with Crippen molar-refractivity contribution >= 4 is 17.6 Å². The van der Waals surface area contributed by atoms with Gasteiger partial charge in [-0.1, -0.05) is 42.5 Å². The number of hydrogen-bond donors (Lipinski definition) is 1. The number of benzene rings is 2. The fourth-order valence-corrected chi connectivity index (χ4v) is 3.00. The summed E-state index contributed by atoms with van der Waals surface area (Å²) in [6.45, 7) is 6.00. The van der Waals surface area contributed by atoms with Crippen molar-refractivity contribution in [1.82, 2.24) is 5.32 Å². The quantitative estimate of drug-likeness (QED) is 0.706. The van der Waals surface area contributed by atoms with E-state index in [0.29, 0.717) is 18.8 Å². The molecule has 4 heteroatoms. The number of amides is 1. The van der Waals surface area contributed by atoms with Crippen molar-refractivity contribution in [3.63, 3.8) is 0 Å². The van der Waals surface area contributed by atoms with E-state index in [9.17, 15) is 4.79 Å². The van der Waals surface area contributed by atoms with Gasteiger partial charge in [-0.25, -0.2) is 0 Å². The summed E-state index contributed by atoms with van der Waals surface area (Å²) < 4.78 is 11.0. The van der Waals surface area contributed by atoms with Gasteiger partial charge in [-0.15, -0.1) is 0 Å². The standard InChI is InChI=1S/C23H25NO3/c1-3-26-14-7-15-27-20-12-10-19(11-13-20)22-17(2)21(24-23(22)25)16-18-8-5-4-6-9-18/h4-6,8-13,16H,3,7,14-15H2,1-2H3,(H,24,25)/b21-16-. The Morgan fingerprint density at radius 3 is 2.44 bits per heavy atom. The molecule has 1 aliphatic heterocycles. The lowest BCUT2D eigenvalue weighted by Gasteiger charge is -2.08. The van der Waals surface area contributed by atoms with Crippen LogP contribution in [0, 0.1) is 0 Å². The Bertz CT molecular complexity index is 836. The largest absolute Gasteiger partial charge is 0.494 e. The molecule has 4 nitrogen and oxygen atoms in total. The number of ether oxygens (including phenoxy) is 2. The summed E-state index contributed by atoms with van der Waals surface area (Å²) in [5.74, 6) is 0.729. The molecule has 0 fully saturated rings. The molecule has 2 aromatic rings. The summed E-state index contributed by atoms with van der Waals surface area (Å²) in [6.07, 6.45) is 2.85. The van der Waals surface area contributed by atoms with Crippen LogP contribution >= 0.6 is 0 Å². The van der Waals surface area contributed by atoms with Gasteiger partial charge in [0.15, 0.2) is 0 Å². The molecule has 0 aliphatic carbocycles. The van der Waals surface area contributed by atoms with Crippen LogP contribution in [0.1, 0.15) is 31.4 Å². The summed E-state index contributed by atoms with van der Waals surface area (Å²) in [5.41, 5.74) is 4.46. The maximum absolute atomic E-state index is 12.5. The minimum Gasteiger partial charge on any atom is -0.494 e. The molecule has 1 amide bonds. The highest BCUT2D eigenvalue weighted by molar-refractivity contribution is 6.25. The van der Waals surface area contributed by atoms with Crippen molar-refractivity contribution in [2.75, 3.05) is 19.8 Å². The molecule has 2 aromatic carbocycles. The number of hydrogen-bond acceptors (Lipinski definition) is 3. The van der Waals surface area contributed by atoms with Gasteiger partial charge in [0.1, 0.15) is 5.75 Å². The molecule has 0 spiro atoms. The van der Waals surface area contributed by atoms with E-state index >= 15 is 0 Å². The van der Waals surface area contributed by atoms with E-state index in [1.165, 1.54) is 0 Å². The van der Waals surface area contributed by atoms with E-state index in [4.69, 9.17) is 9.47 Å². The molecule has 1 N–H and O–H groups in total.